The number of rotatable bonds is 2. The van der Waals surface area contributed by atoms with Gasteiger partial charge in [0, 0.05) is 19.1 Å². The Kier molecular flexibility index (Phi) is 5.20. The van der Waals surface area contributed by atoms with E-state index in [1.54, 1.807) is 4.90 Å². The van der Waals surface area contributed by atoms with Crippen LogP contribution in [0.2, 0.25) is 0 Å². The van der Waals surface area contributed by atoms with Gasteiger partial charge in [0.1, 0.15) is 10.2 Å². The lowest BCUT2D eigenvalue weighted by atomic mass is 10.1. The number of aromatic nitrogens is 3. The molecule has 0 aliphatic carbocycles. The Morgan fingerprint density at radius 1 is 1.41 bits per heavy atom. The topological polar surface area (TPSA) is 80.2 Å². The predicted octanol–water partition coefficient (Wildman–Crippen LogP) is 2.75. The first-order valence-electron chi connectivity index (χ1n) is 7.36. The van der Waals surface area contributed by atoms with E-state index in [4.69, 9.17) is 4.74 Å². The number of carbonyl (C=O) groups excluding carboxylic acids is 1. The Bertz CT molecular complexity index is 547. The second-order valence-electron chi connectivity index (χ2n) is 6.42. The lowest BCUT2D eigenvalue weighted by molar-refractivity contribution is 0.0206. The van der Waals surface area contributed by atoms with Crippen molar-refractivity contribution in [3.63, 3.8) is 0 Å². The monoisotopic (exact) mass is 371 g/mol. The van der Waals surface area contributed by atoms with Crippen molar-refractivity contribution in [3.05, 3.63) is 10.3 Å². The van der Waals surface area contributed by atoms with E-state index < -0.39 is 5.60 Å². The van der Waals surface area contributed by atoms with Gasteiger partial charge in [0.05, 0.1) is 5.69 Å². The summed E-state index contributed by atoms with van der Waals surface area (Å²) in [4.78, 5) is 18.2. The molecule has 1 aromatic heterocycles. The third-order valence-electron chi connectivity index (χ3n) is 3.21. The molecule has 22 heavy (non-hydrogen) atoms. The van der Waals surface area contributed by atoms with Crippen LogP contribution in [0, 0.1) is 6.92 Å². The van der Waals surface area contributed by atoms with Crippen LogP contribution in [0.4, 0.5) is 10.7 Å². The van der Waals surface area contributed by atoms with E-state index in [0.717, 1.165) is 18.5 Å². The molecule has 2 rings (SSSR count). The lowest BCUT2D eigenvalue weighted by Crippen LogP contribution is -2.47. The van der Waals surface area contributed by atoms with Crippen LogP contribution in [0.1, 0.15) is 39.3 Å². The largest absolute Gasteiger partial charge is 0.444 e. The summed E-state index contributed by atoms with van der Waals surface area (Å²) in [5.74, 6) is 0.483. The lowest BCUT2D eigenvalue weighted by Gasteiger charge is -2.34. The molecule has 0 aromatic carbocycles. The molecule has 8 heteroatoms. The minimum Gasteiger partial charge on any atom is -0.444 e. The van der Waals surface area contributed by atoms with Gasteiger partial charge in [0.2, 0.25) is 5.95 Å². The van der Waals surface area contributed by atoms with E-state index in [1.807, 2.05) is 27.7 Å². The number of anilines is 1. The summed E-state index contributed by atoms with van der Waals surface area (Å²) in [6.07, 6.45) is 1.60. The van der Waals surface area contributed by atoms with E-state index in [1.165, 1.54) is 0 Å². The smallest absolute Gasteiger partial charge is 0.410 e. The number of piperidine rings is 1. The van der Waals surface area contributed by atoms with Gasteiger partial charge in [-0.15, -0.1) is 10.2 Å². The molecule has 0 saturated carbocycles. The van der Waals surface area contributed by atoms with Crippen molar-refractivity contribution in [1.82, 2.24) is 20.1 Å². The summed E-state index contributed by atoms with van der Waals surface area (Å²) in [6, 6.07) is 0.101. The molecule has 1 N–H and O–H groups in total. The molecule has 1 fully saturated rings. The predicted molar refractivity (Wildman–Crippen MR) is 86.7 cm³/mol. The van der Waals surface area contributed by atoms with Crippen molar-refractivity contribution >= 4 is 28.0 Å². The summed E-state index contributed by atoms with van der Waals surface area (Å²) in [6.45, 7) is 8.76. The molecule has 1 saturated heterocycles. The Morgan fingerprint density at radius 2 is 2.14 bits per heavy atom. The third-order valence-corrected chi connectivity index (χ3v) is 3.94. The number of nitrogens with one attached hydrogen (secondary N) is 1. The van der Waals surface area contributed by atoms with Crippen molar-refractivity contribution in [3.8, 4) is 0 Å². The number of amides is 1. The second-order valence-corrected chi connectivity index (χ2v) is 7.17. The quantitative estimate of drug-likeness (QED) is 0.860. The zero-order chi connectivity index (χ0) is 16.3. The molecule has 122 valence electrons. The summed E-state index contributed by atoms with van der Waals surface area (Å²) in [5.41, 5.74) is 0.296. The number of ether oxygens (including phenoxy) is 1. The molecular formula is C14H22BrN5O2. The highest BCUT2D eigenvalue weighted by molar-refractivity contribution is 9.10. The van der Waals surface area contributed by atoms with Crippen LogP contribution in [-0.4, -0.2) is 50.9 Å². The Hall–Kier alpha value is -1.44. The number of likely N-dealkylation sites (tertiary alicyclic amines) is 1. The molecule has 1 atom stereocenters. The van der Waals surface area contributed by atoms with E-state index >= 15 is 0 Å². The number of hydrogen-bond acceptors (Lipinski definition) is 6. The Balaban J connectivity index is 1.95. The van der Waals surface area contributed by atoms with E-state index in [9.17, 15) is 4.79 Å². The van der Waals surface area contributed by atoms with Gasteiger partial charge in [0.25, 0.3) is 0 Å². The maximum Gasteiger partial charge on any atom is 0.410 e. The van der Waals surface area contributed by atoms with Gasteiger partial charge in [-0.05, 0) is 56.5 Å². The molecule has 0 spiro atoms. The maximum absolute atomic E-state index is 12.1. The van der Waals surface area contributed by atoms with E-state index in [0.29, 0.717) is 23.6 Å². The molecule has 1 aliphatic heterocycles. The molecule has 7 nitrogen and oxygen atoms in total. The highest BCUT2D eigenvalue weighted by Crippen LogP contribution is 2.18. The molecule has 1 aromatic rings. The number of halogens is 1. The Morgan fingerprint density at radius 3 is 2.77 bits per heavy atom. The summed E-state index contributed by atoms with van der Waals surface area (Å²) in [7, 11) is 0. The standard InChI is InChI=1S/C14H22BrN5O2/c1-9-11(15)18-19-12(16-9)17-10-6-5-7-20(8-10)13(21)22-14(2,3)4/h10H,5-8H2,1-4H3,(H,16,17,19)/t10-/m1/s1. The summed E-state index contributed by atoms with van der Waals surface area (Å²) in [5, 5.41) is 11.2. The molecule has 1 amide bonds. The van der Waals surface area contributed by atoms with Crippen LogP contribution in [0.5, 0.6) is 0 Å². The molecule has 0 radical (unpaired) electrons. The minimum absolute atomic E-state index is 0.101. The van der Waals surface area contributed by atoms with Crippen molar-refractivity contribution in [1.29, 1.82) is 0 Å². The molecule has 2 heterocycles. The van der Waals surface area contributed by atoms with Crippen LogP contribution < -0.4 is 5.32 Å². The van der Waals surface area contributed by atoms with E-state index in [-0.39, 0.29) is 12.1 Å². The SMILES string of the molecule is Cc1nc(N[C@@H]2CCCN(C(=O)OC(C)(C)C)C2)nnc1Br. The van der Waals surface area contributed by atoms with Gasteiger partial charge in [-0.2, -0.15) is 0 Å². The fourth-order valence-corrected chi connectivity index (χ4v) is 2.39. The summed E-state index contributed by atoms with van der Waals surface area (Å²) < 4.78 is 6.06. The Labute approximate surface area is 139 Å². The molecular weight excluding hydrogens is 350 g/mol. The second kappa shape index (κ2) is 6.76. The van der Waals surface area contributed by atoms with Gasteiger partial charge >= 0.3 is 6.09 Å². The van der Waals surface area contributed by atoms with Gasteiger partial charge in [-0.3, -0.25) is 0 Å². The van der Waals surface area contributed by atoms with Gasteiger partial charge in [-0.25, -0.2) is 9.78 Å². The molecule has 1 aliphatic rings. The zero-order valence-electron chi connectivity index (χ0n) is 13.4. The number of carbonyl (C=O) groups is 1. The molecule has 0 unspecified atom stereocenters. The fourth-order valence-electron chi connectivity index (χ4n) is 2.22. The van der Waals surface area contributed by atoms with E-state index in [2.05, 4.69) is 36.4 Å². The van der Waals surface area contributed by atoms with Gasteiger partial charge in [-0.1, -0.05) is 0 Å². The van der Waals surface area contributed by atoms with Crippen molar-refractivity contribution in [2.75, 3.05) is 18.4 Å². The van der Waals surface area contributed by atoms with Crippen molar-refractivity contribution < 1.29 is 9.53 Å². The van der Waals surface area contributed by atoms with Crippen LogP contribution >= 0.6 is 15.9 Å². The number of aryl methyl sites for hydroxylation is 1. The van der Waals surface area contributed by atoms with Crippen molar-refractivity contribution in [2.24, 2.45) is 0 Å². The van der Waals surface area contributed by atoms with Crippen LogP contribution in [0.25, 0.3) is 0 Å². The average molecular weight is 372 g/mol. The first-order valence-corrected chi connectivity index (χ1v) is 8.15. The first kappa shape index (κ1) is 16.9. The normalized spacial score (nSPS) is 19.0. The minimum atomic E-state index is -0.479. The fraction of sp³-hybridized carbons (Fsp3) is 0.714. The van der Waals surface area contributed by atoms with Crippen LogP contribution in [0.3, 0.4) is 0 Å². The highest BCUT2D eigenvalue weighted by atomic mass is 79.9. The zero-order valence-corrected chi connectivity index (χ0v) is 15.0. The number of nitrogens with zero attached hydrogens (tertiary/aromatic N) is 4. The molecule has 0 bridgehead atoms. The van der Waals surface area contributed by atoms with Crippen molar-refractivity contribution in [2.45, 2.75) is 52.2 Å². The summed E-state index contributed by atoms with van der Waals surface area (Å²) >= 11 is 3.28. The van der Waals surface area contributed by atoms with Crippen LogP contribution in [-0.2, 0) is 4.74 Å². The van der Waals surface area contributed by atoms with Crippen LogP contribution in [0.15, 0.2) is 4.60 Å². The maximum atomic E-state index is 12.1. The first-order chi connectivity index (χ1) is 10.2. The number of hydrogen-bond donors (Lipinski definition) is 1. The van der Waals surface area contributed by atoms with Gasteiger partial charge < -0.3 is 15.0 Å². The highest BCUT2D eigenvalue weighted by Gasteiger charge is 2.28. The third kappa shape index (κ3) is 4.79. The van der Waals surface area contributed by atoms with Gasteiger partial charge in [0.15, 0.2) is 0 Å². The average Bonchev–Trinajstić information content (AvgIpc) is 2.41.